The third-order valence-corrected chi connectivity index (χ3v) is 5.30. The maximum absolute atomic E-state index is 12.8. The molecule has 0 radical (unpaired) electrons. The van der Waals surface area contributed by atoms with Gasteiger partial charge >= 0.3 is 0 Å². The van der Waals surface area contributed by atoms with Crippen LogP contribution in [0.25, 0.3) is 0 Å². The second-order valence-corrected chi connectivity index (χ2v) is 7.49. The lowest BCUT2D eigenvalue weighted by atomic mass is 10.0. The van der Waals surface area contributed by atoms with Gasteiger partial charge < -0.3 is 14.2 Å². The Bertz CT molecular complexity index is 751. The molecule has 1 amide bonds. The number of likely N-dealkylation sites (tertiary alicyclic amines) is 1. The van der Waals surface area contributed by atoms with Crippen molar-refractivity contribution in [2.24, 2.45) is 5.92 Å². The highest BCUT2D eigenvalue weighted by Gasteiger charge is 2.32. The zero-order valence-corrected chi connectivity index (χ0v) is 15.3. The average molecular weight is 354 g/mol. The molecule has 1 saturated heterocycles. The number of aromatic nitrogens is 3. The van der Waals surface area contributed by atoms with Crippen LogP contribution < -0.4 is 4.74 Å². The topological polar surface area (TPSA) is 60.2 Å². The Morgan fingerprint density at radius 2 is 2.00 bits per heavy atom. The standard InChI is InChI=1S/C20H26N4O2/c1-15-5-9-17(10-6-15)26-13-19(25)24-11-3-2-4-18(24)20-22-21-14-23(20)12-16-7-8-16/h5-6,9-10,14,16,18H,2-4,7-8,11-13H2,1H3/t18-/m1/s1. The molecule has 2 aliphatic rings. The molecular formula is C20H26N4O2. The highest BCUT2D eigenvalue weighted by Crippen LogP contribution is 2.34. The number of hydrogen-bond donors (Lipinski definition) is 0. The van der Waals surface area contributed by atoms with Gasteiger partial charge in [-0.05, 0) is 57.1 Å². The summed E-state index contributed by atoms with van der Waals surface area (Å²) in [4.78, 5) is 14.8. The molecule has 1 saturated carbocycles. The Morgan fingerprint density at radius 3 is 2.77 bits per heavy atom. The second-order valence-electron chi connectivity index (χ2n) is 7.49. The molecule has 0 N–H and O–H groups in total. The number of rotatable bonds is 6. The summed E-state index contributed by atoms with van der Waals surface area (Å²) < 4.78 is 7.86. The molecule has 6 nitrogen and oxygen atoms in total. The fourth-order valence-corrected chi connectivity index (χ4v) is 3.60. The quantitative estimate of drug-likeness (QED) is 0.800. The first-order valence-corrected chi connectivity index (χ1v) is 9.57. The molecule has 138 valence electrons. The third kappa shape index (κ3) is 3.89. The van der Waals surface area contributed by atoms with Crippen molar-refractivity contribution in [2.45, 2.75) is 51.6 Å². The summed E-state index contributed by atoms with van der Waals surface area (Å²) in [6.45, 7) is 3.83. The molecule has 2 heterocycles. The first-order valence-electron chi connectivity index (χ1n) is 9.57. The maximum Gasteiger partial charge on any atom is 0.261 e. The Kier molecular flexibility index (Phi) is 4.91. The van der Waals surface area contributed by atoms with Crippen LogP contribution in [0.3, 0.4) is 0 Å². The van der Waals surface area contributed by atoms with Gasteiger partial charge in [0.25, 0.3) is 5.91 Å². The highest BCUT2D eigenvalue weighted by atomic mass is 16.5. The summed E-state index contributed by atoms with van der Waals surface area (Å²) in [5, 5.41) is 8.48. The number of carbonyl (C=O) groups excluding carboxylic acids is 1. The van der Waals surface area contributed by atoms with Crippen molar-refractivity contribution < 1.29 is 9.53 Å². The van der Waals surface area contributed by atoms with Crippen molar-refractivity contribution >= 4 is 5.91 Å². The van der Waals surface area contributed by atoms with Gasteiger partial charge in [-0.2, -0.15) is 0 Å². The Balaban J connectivity index is 1.43. The van der Waals surface area contributed by atoms with Gasteiger partial charge in [0.05, 0.1) is 6.04 Å². The largest absolute Gasteiger partial charge is 0.484 e. The summed E-state index contributed by atoms with van der Waals surface area (Å²) in [6, 6.07) is 7.80. The summed E-state index contributed by atoms with van der Waals surface area (Å²) in [7, 11) is 0. The lowest BCUT2D eigenvalue weighted by molar-refractivity contribution is -0.137. The zero-order chi connectivity index (χ0) is 17.9. The Hall–Kier alpha value is -2.37. The van der Waals surface area contributed by atoms with Gasteiger partial charge in [-0.1, -0.05) is 17.7 Å². The van der Waals surface area contributed by atoms with Gasteiger partial charge in [-0.3, -0.25) is 4.79 Å². The van der Waals surface area contributed by atoms with Crippen molar-refractivity contribution in [1.82, 2.24) is 19.7 Å². The fraction of sp³-hybridized carbons (Fsp3) is 0.550. The summed E-state index contributed by atoms with van der Waals surface area (Å²) in [5.74, 6) is 2.44. The minimum absolute atomic E-state index is 0.0131. The molecule has 1 aliphatic heterocycles. The van der Waals surface area contributed by atoms with Gasteiger partial charge in [0.2, 0.25) is 0 Å². The van der Waals surface area contributed by atoms with E-state index in [0.717, 1.165) is 49.8 Å². The van der Waals surface area contributed by atoms with E-state index in [2.05, 4.69) is 14.8 Å². The van der Waals surface area contributed by atoms with Gasteiger partial charge in [0.15, 0.2) is 12.4 Å². The third-order valence-electron chi connectivity index (χ3n) is 5.30. The number of amides is 1. The molecule has 2 fully saturated rings. The molecule has 1 aromatic carbocycles. The fourth-order valence-electron chi connectivity index (χ4n) is 3.60. The van der Waals surface area contributed by atoms with Gasteiger partial charge in [-0.25, -0.2) is 0 Å². The first kappa shape index (κ1) is 17.1. The van der Waals surface area contributed by atoms with E-state index in [-0.39, 0.29) is 18.6 Å². The number of piperidine rings is 1. The molecular weight excluding hydrogens is 328 g/mol. The minimum atomic E-state index is 0.0131. The van der Waals surface area contributed by atoms with E-state index < -0.39 is 0 Å². The molecule has 6 heteroatoms. The van der Waals surface area contributed by atoms with Crippen LogP contribution in [0.2, 0.25) is 0 Å². The van der Waals surface area contributed by atoms with Crippen molar-refractivity contribution in [3.05, 3.63) is 42.0 Å². The van der Waals surface area contributed by atoms with Gasteiger partial charge in [-0.15, -0.1) is 10.2 Å². The van der Waals surface area contributed by atoms with Crippen LogP contribution >= 0.6 is 0 Å². The monoisotopic (exact) mass is 354 g/mol. The molecule has 1 aromatic heterocycles. The Morgan fingerprint density at radius 1 is 1.19 bits per heavy atom. The maximum atomic E-state index is 12.8. The lowest BCUT2D eigenvalue weighted by Crippen LogP contribution is -2.42. The molecule has 1 aliphatic carbocycles. The lowest BCUT2D eigenvalue weighted by Gasteiger charge is -2.35. The second kappa shape index (κ2) is 7.48. The Labute approximate surface area is 154 Å². The van der Waals surface area contributed by atoms with Crippen molar-refractivity contribution in [3.8, 4) is 5.75 Å². The van der Waals surface area contributed by atoms with Gasteiger partial charge in [0, 0.05) is 13.1 Å². The molecule has 4 rings (SSSR count). The number of benzene rings is 1. The number of hydrogen-bond acceptors (Lipinski definition) is 4. The van der Waals surface area contributed by atoms with Crippen LogP contribution in [-0.4, -0.2) is 38.7 Å². The normalized spacial score (nSPS) is 20.2. The van der Waals surface area contributed by atoms with Crippen molar-refractivity contribution in [3.63, 3.8) is 0 Å². The van der Waals surface area contributed by atoms with Crippen molar-refractivity contribution in [1.29, 1.82) is 0 Å². The highest BCUT2D eigenvalue weighted by molar-refractivity contribution is 5.78. The SMILES string of the molecule is Cc1ccc(OCC(=O)N2CCCC[C@@H]2c2nncn2CC2CC2)cc1. The van der Waals surface area contributed by atoms with E-state index in [4.69, 9.17) is 4.74 Å². The molecule has 2 aromatic rings. The van der Waals surface area contributed by atoms with Crippen LogP contribution in [0.4, 0.5) is 0 Å². The van der Waals surface area contributed by atoms with E-state index >= 15 is 0 Å². The summed E-state index contributed by atoms with van der Waals surface area (Å²) in [5.41, 5.74) is 1.18. The number of carbonyl (C=O) groups is 1. The van der Waals surface area contributed by atoms with E-state index in [0.29, 0.717) is 0 Å². The van der Waals surface area contributed by atoms with E-state index in [1.807, 2.05) is 42.4 Å². The van der Waals surface area contributed by atoms with Crippen LogP contribution in [0.15, 0.2) is 30.6 Å². The summed E-state index contributed by atoms with van der Waals surface area (Å²) >= 11 is 0. The smallest absolute Gasteiger partial charge is 0.261 e. The number of nitrogens with zero attached hydrogens (tertiary/aromatic N) is 4. The molecule has 1 atom stereocenters. The molecule has 0 spiro atoms. The van der Waals surface area contributed by atoms with Crippen molar-refractivity contribution in [2.75, 3.05) is 13.2 Å². The van der Waals surface area contributed by atoms with Gasteiger partial charge in [0.1, 0.15) is 12.1 Å². The number of ether oxygens (including phenoxy) is 1. The molecule has 26 heavy (non-hydrogen) atoms. The van der Waals surface area contributed by atoms with E-state index in [1.54, 1.807) is 0 Å². The average Bonchev–Trinajstić information content (AvgIpc) is 3.36. The van der Waals surface area contributed by atoms with E-state index in [1.165, 1.54) is 18.4 Å². The van der Waals surface area contributed by atoms with E-state index in [9.17, 15) is 4.79 Å². The molecule has 0 bridgehead atoms. The van der Waals surface area contributed by atoms with Crippen LogP contribution in [0.1, 0.15) is 49.5 Å². The number of aryl methyl sites for hydroxylation is 1. The summed E-state index contributed by atoms with van der Waals surface area (Å²) in [6.07, 6.45) is 7.48. The minimum Gasteiger partial charge on any atom is -0.484 e. The van der Waals surface area contributed by atoms with Crippen LogP contribution in [0.5, 0.6) is 5.75 Å². The predicted molar refractivity (Wildman–Crippen MR) is 97.7 cm³/mol. The van der Waals surface area contributed by atoms with Crippen LogP contribution in [-0.2, 0) is 11.3 Å². The predicted octanol–water partition coefficient (Wildman–Crippen LogP) is 3.13. The zero-order valence-electron chi connectivity index (χ0n) is 15.3. The molecule has 0 unspecified atom stereocenters. The van der Waals surface area contributed by atoms with Crippen LogP contribution in [0, 0.1) is 12.8 Å². The first-order chi connectivity index (χ1) is 12.7.